The molecule has 1 aromatic carbocycles. The van der Waals surface area contributed by atoms with Gasteiger partial charge >= 0.3 is 0 Å². The molecule has 1 aliphatic rings. The summed E-state index contributed by atoms with van der Waals surface area (Å²) in [5, 5.41) is 3.39. The van der Waals surface area contributed by atoms with Crippen molar-refractivity contribution in [1.29, 1.82) is 0 Å². The summed E-state index contributed by atoms with van der Waals surface area (Å²) in [7, 11) is 0. The zero-order valence-corrected chi connectivity index (χ0v) is 11.2. The van der Waals surface area contributed by atoms with E-state index in [1.165, 1.54) is 5.56 Å². The highest BCUT2D eigenvalue weighted by atomic mass is 16.2. The van der Waals surface area contributed by atoms with Gasteiger partial charge in [-0.05, 0) is 25.3 Å². The van der Waals surface area contributed by atoms with Gasteiger partial charge in [0.15, 0.2) is 0 Å². The summed E-state index contributed by atoms with van der Waals surface area (Å²) in [5.74, 6) is 0.250. The Morgan fingerprint density at radius 2 is 2.00 bits per heavy atom. The normalized spacial score (nSPS) is 23.7. The molecule has 98 valence electrons. The van der Waals surface area contributed by atoms with Crippen molar-refractivity contribution in [2.24, 2.45) is 0 Å². The quantitative estimate of drug-likeness (QED) is 0.863. The molecule has 1 heterocycles. The lowest BCUT2D eigenvalue weighted by Gasteiger charge is -2.20. The largest absolute Gasteiger partial charge is 0.326 e. The summed E-state index contributed by atoms with van der Waals surface area (Å²) in [5.41, 5.74) is 1.22. The fraction of sp³-hybridized carbons (Fsp3) is 0.533. The third-order valence-electron chi connectivity index (χ3n) is 3.53. The summed E-state index contributed by atoms with van der Waals surface area (Å²) >= 11 is 0. The second-order valence-corrected chi connectivity index (χ2v) is 4.97. The van der Waals surface area contributed by atoms with Gasteiger partial charge in [-0.2, -0.15) is 0 Å². The highest BCUT2D eigenvalue weighted by Crippen LogP contribution is 2.15. The van der Waals surface area contributed by atoms with Crippen molar-refractivity contribution in [2.75, 3.05) is 6.54 Å². The van der Waals surface area contributed by atoms with E-state index in [2.05, 4.69) is 31.3 Å². The molecule has 2 unspecified atom stereocenters. The lowest BCUT2D eigenvalue weighted by atomic mass is 10.1. The topological polar surface area (TPSA) is 32.3 Å². The lowest BCUT2D eigenvalue weighted by Crippen LogP contribution is -2.35. The van der Waals surface area contributed by atoms with E-state index in [9.17, 15) is 4.79 Å². The standard InChI is InChI=1S/C15H22N2O/c1-3-4-10-17-12(2)16-14(15(17)18)11-13-8-6-5-7-9-13/h5-9,12,14,16H,3-4,10-11H2,1-2H3. The summed E-state index contributed by atoms with van der Waals surface area (Å²) in [6.45, 7) is 5.09. The molecule has 1 saturated heterocycles. The van der Waals surface area contributed by atoms with Crippen LogP contribution in [0.15, 0.2) is 30.3 Å². The second kappa shape index (κ2) is 6.01. The fourth-order valence-electron chi connectivity index (χ4n) is 2.47. The first-order valence-electron chi connectivity index (χ1n) is 6.83. The Labute approximate surface area is 109 Å². The van der Waals surface area contributed by atoms with Gasteiger partial charge in [0.2, 0.25) is 5.91 Å². The van der Waals surface area contributed by atoms with E-state index in [0.29, 0.717) is 0 Å². The van der Waals surface area contributed by atoms with Crippen molar-refractivity contribution < 1.29 is 4.79 Å². The highest BCUT2D eigenvalue weighted by molar-refractivity contribution is 5.84. The predicted molar refractivity (Wildman–Crippen MR) is 73.2 cm³/mol. The van der Waals surface area contributed by atoms with Crippen molar-refractivity contribution in [2.45, 2.75) is 45.3 Å². The van der Waals surface area contributed by atoms with E-state index in [-0.39, 0.29) is 18.1 Å². The summed E-state index contributed by atoms with van der Waals surface area (Å²) in [6, 6.07) is 10.1. The van der Waals surface area contributed by atoms with Gasteiger partial charge in [0.1, 0.15) is 0 Å². The molecule has 1 aliphatic heterocycles. The molecule has 0 radical (unpaired) electrons. The Hall–Kier alpha value is -1.35. The molecule has 1 N–H and O–H groups in total. The van der Waals surface area contributed by atoms with Crippen LogP contribution in [-0.2, 0) is 11.2 Å². The van der Waals surface area contributed by atoms with Crippen molar-refractivity contribution >= 4 is 5.91 Å². The highest BCUT2D eigenvalue weighted by Gasteiger charge is 2.35. The minimum Gasteiger partial charge on any atom is -0.326 e. The third-order valence-corrected chi connectivity index (χ3v) is 3.53. The molecular formula is C15H22N2O. The second-order valence-electron chi connectivity index (χ2n) is 4.97. The number of carbonyl (C=O) groups excluding carboxylic acids is 1. The van der Waals surface area contributed by atoms with Crippen LogP contribution in [0.5, 0.6) is 0 Å². The van der Waals surface area contributed by atoms with Crippen molar-refractivity contribution in [3.8, 4) is 0 Å². The number of carbonyl (C=O) groups is 1. The molecule has 0 aromatic heterocycles. The number of nitrogens with zero attached hydrogens (tertiary/aromatic N) is 1. The first-order chi connectivity index (χ1) is 8.72. The van der Waals surface area contributed by atoms with Crippen LogP contribution in [0, 0.1) is 0 Å². The minimum absolute atomic E-state index is 0.0562. The van der Waals surface area contributed by atoms with Crippen LogP contribution in [-0.4, -0.2) is 29.6 Å². The number of hydrogen-bond acceptors (Lipinski definition) is 2. The Bertz CT molecular complexity index is 391. The number of rotatable bonds is 5. The van der Waals surface area contributed by atoms with E-state index in [4.69, 9.17) is 0 Å². The average molecular weight is 246 g/mol. The number of amides is 1. The van der Waals surface area contributed by atoms with Crippen LogP contribution in [0.25, 0.3) is 0 Å². The van der Waals surface area contributed by atoms with Gasteiger partial charge in [0.25, 0.3) is 0 Å². The maximum Gasteiger partial charge on any atom is 0.241 e. The van der Waals surface area contributed by atoms with Crippen LogP contribution in [0.1, 0.15) is 32.3 Å². The molecule has 0 spiro atoms. The van der Waals surface area contributed by atoms with Gasteiger partial charge < -0.3 is 4.90 Å². The zero-order valence-electron chi connectivity index (χ0n) is 11.2. The van der Waals surface area contributed by atoms with E-state index in [1.54, 1.807) is 0 Å². The molecule has 3 nitrogen and oxygen atoms in total. The monoisotopic (exact) mass is 246 g/mol. The lowest BCUT2D eigenvalue weighted by molar-refractivity contribution is -0.129. The molecule has 2 atom stereocenters. The Kier molecular flexibility index (Phi) is 4.37. The predicted octanol–water partition coefficient (Wildman–Crippen LogP) is 2.18. The van der Waals surface area contributed by atoms with E-state index in [1.807, 2.05) is 23.1 Å². The number of benzene rings is 1. The van der Waals surface area contributed by atoms with Gasteiger partial charge in [0.05, 0.1) is 12.2 Å². The van der Waals surface area contributed by atoms with E-state index < -0.39 is 0 Å². The maximum atomic E-state index is 12.3. The molecule has 0 aliphatic carbocycles. The molecule has 18 heavy (non-hydrogen) atoms. The summed E-state index contributed by atoms with van der Waals surface area (Å²) < 4.78 is 0. The van der Waals surface area contributed by atoms with Gasteiger partial charge in [-0.3, -0.25) is 10.1 Å². The smallest absolute Gasteiger partial charge is 0.241 e. The van der Waals surface area contributed by atoms with Gasteiger partial charge in [-0.15, -0.1) is 0 Å². The number of hydrogen-bond donors (Lipinski definition) is 1. The van der Waals surface area contributed by atoms with Crippen molar-refractivity contribution in [1.82, 2.24) is 10.2 Å². The molecule has 3 heteroatoms. The minimum atomic E-state index is -0.0562. The molecule has 2 rings (SSSR count). The molecule has 0 saturated carbocycles. The van der Waals surface area contributed by atoms with E-state index >= 15 is 0 Å². The maximum absolute atomic E-state index is 12.3. The number of unbranched alkanes of at least 4 members (excludes halogenated alkanes) is 1. The first-order valence-corrected chi connectivity index (χ1v) is 6.83. The van der Waals surface area contributed by atoms with Crippen molar-refractivity contribution in [3.05, 3.63) is 35.9 Å². The van der Waals surface area contributed by atoms with Crippen LogP contribution >= 0.6 is 0 Å². The van der Waals surface area contributed by atoms with Crippen LogP contribution in [0.4, 0.5) is 0 Å². The average Bonchev–Trinajstić information content (AvgIpc) is 2.64. The number of nitrogens with one attached hydrogen (secondary N) is 1. The van der Waals surface area contributed by atoms with Gasteiger partial charge in [0, 0.05) is 6.54 Å². The fourth-order valence-corrected chi connectivity index (χ4v) is 2.47. The Balaban J connectivity index is 1.97. The molecule has 1 aromatic rings. The van der Waals surface area contributed by atoms with Gasteiger partial charge in [-0.1, -0.05) is 43.7 Å². The van der Waals surface area contributed by atoms with E-state index in [0.717, 1.165) is 25.8 Å². The summed E-state index contributed by atoms with van der Waals surface area (Å²) in [4.78, 5) is 14.3. The summed E-state index contributed by atoms with van der Waals surface area (Å²) in [6.07, 6.45) is 3.15. The first kappa shape index (κ1) is 13.1. The van der Waals surface area contributed by atoms with Crippen LogP contribution < -0.4 is 5.32 Å². The Morgan fingerprint density at radius 3 is 2.67 bits per heavy atom. The SMILES string of the molecule is CCCCN1C(=O)C(Cc2ccccc2)NC1C. The third kappa shape index (κ3) is 2.91. The van der Waals surface area contributed by atoms with Gasteiger partial charge in [-0.25, -0.2) is 0 Å². The molecule has 1 amide bonds. The van der Waals surface area contributed by atoms with Crippen molar-refractivity contribution in [3.63, 3.8) is 0 Å². The Morgan fingerprint density at radius 1 is 1.28 bits per heavy atom. The van der Waals surface area contributed by atoms with Crippen LogP contribution in [0.2, 0.25) is 0 Å². The molecule has 0 bridgehead atoms. The molecular weight excluding hydrogens is 224 g/mol. The molecule has 1 fully saturated rings. The zero-order chi connectivity index (χ0) is 13.0. The van der Waals surface area contributed by atoms with Crippen LogP contribution in [0.3, 0.4) is 0 Å².